The van der Waals surface area contributed by atoms with Crippen molar-refractivity contribution in [3.05, 3.63) is 114 Å². The van der Waals surface area contributed by atoms with E-state index in [1.807, 2.05) is 0 Å². The number of unbranched alkanes of at least 4 members (excludes halogenated alkanes) is 1. The van der Waals surface area contributed by atoms with Crippen molar-refractivity contribution in [2.24, 2.45) is 0 Å². The number of hydrogen-bond donors (Lipinski definition) is 0. The molecule has 4 aromatic rings. The Morgan fingerprint density at radius 1 is 0.788 bits per heavy atom. The number of benzene rings is 3. The van der Waals surface area contributed by atoms with Gasteiger partial charge < -0.3 is 4.57 Å². The minimum atomic E-state index is 0.893. The standard InChI is InChI=1S/C30H35N3/c1-3-4-20-33-29(22-31-30(33)28-13-9-6-10-14-28)24-32(21-19-26-11-7-5-8-12-26)23-27-17-15-25(2)16-18-27/h5-18,22H,3-4,19-21,23-24H2,1-2H3. The van der Waals surface area contributed by atoms with Gasteiger partial charge in [-0.3, -0.25) is 4.90 Å². The van der Waals surface area contributed by atoms with Gasteiger partial charge in [0.15, 0.2) is 0 Å². The maximum absolute atomic E-state index is 4.87. The Bertz CT molecular complexity index is 1100. The number of hydrogen-bond acceptors (Lipinski definition) is 2. The molecular weight excluding hydrogens is 402 g/mol. The molecule has 0 aliphatic heterocycles. The molecule has 4 rings (SSSR count). The van der Waals surface area contributed by atoms with Crippen LogP contribution in [0, 0.1) is 6.92 Å². The SMILES string of the molecule is CCCCn1c(CN(CCc2ccccc2)Cc2ccc(C)cc2)cnc1-c1ccccc1. The molecule has 0 saturated heterocycles. The van der Waals surface area contributed by atoms with Gasteiger partial charge in [-0.15, -0.1) is 0 Å². The van der Waals surface area contributed by atoms with Gasteiger partial charge >= 0.3 is 0 Å². The van der Waals surface area contributed by atoms with E-state index in [-0.39, 0.29) is 0 Å². The summed E-state index contributed by atoms with van der Waals surface area (Å²) in [6, 6.07) is 30.3. The van der Waals surface area contributed by atoms with Crippen molar-refractivity contribution in [2.75, 3.05) is 6.54 Å². The number of nitrogens with zero attached hydrogens (tertiary/aromatic N) is 3. The van der Waals surface area contributed by atoms with E-state index in [9.17, 15) is 0 Å². The van der Waals surface area contributed by atoms with Crippen molar-refractivity contribution in [3.8, 4) is 11.4 Å². The highest BCUT2D eigenvalue weighted by atomic mass is 15.2. The van der Waals surface area contributed by atoms with Crippen molar-refractivity contribution in [1.29, 1.82) is 0 Å². The van der Waals surface area contributed by atoms with E-state index in [0.29, 0.717) is 0 Å². The monoisotopic (exact) mass is 437 g/mol. The summed E-state index contributed by atoms with van der Waals surface area (Å²) >= 11 is 0. The highest BCUT2D eigenvalue weighted by molar-refractivity contribution is 5.55. The Hall–Kier alpha value is -3.17. The average Bonchev–Trinajstić information content (AvgIpc) is 3.26. The van der Waals surface area contributed by atoms with Crippen LogP contribution >= 0.6 is 0 Å². The molecule has 1 aromatic heterocycles. The first-order valence-corrected chi connectivity index (χ1v) is 12.1. The summed E-state index contributed by atoms with van der Waals surface area (Å²) in [5, 5.41) is 0. The van der Waals surface area contributed by atoms with Gasteiger partial charge in [0.05, 0.1) is 11.9 Å². The number of imidazole rings is 1. The van der Waals surface area contributed by atoms with Gasteiger partial charge in [-0.2, -0.15) is 0 Å². The van der Waals surface area contributed by atoms with Crippen LogP contribution in [0.5, 0.6) is 0 Å². The molecule has 0 N–H and O–H groups in total. The lowest BCUT2D eigenvalue weighted by Gasteiger charge is -2.24. The van der Waals surface area contributed by atoms with E-state index in [4.69, 9.17) is 4.98 Å². The summed E-state index contributed by atoms with van der Waals surface area (Å²) in [5.74, 6) is 1.08. The van der Waals surface area contributed by atoms with Crippen molar-refractivity contribution < 1.29 is 0 Å². The third kappa shape index (κ3) is 6.43. The molecule has 3 aromatic carbocycles. The fraction of sp³-hybridized carbons (Fsp3) is 0.300. The molecular formula is C30H35N3. The smallest absolute Gasteiger partial charge is 0.140 e. The van der Waals surface area contributed by atoms with Crippen molar-refractivity contribution in [3.63, 3.8) is 0 Å². The van der Waals surface area contributed by atoms with E-state index in [1.54, 1.807) is 0 Å². The Morgan fingerprint density at radius 2 is 1.48 bits per heavy atom. The third-order valence-corrected chi connectivity index (χ3v) is 6.18. The zero-order valence-electron chi connectivity index (χ0n) is 20.0. The second kappa shape index (κ2) is 11.6. The molecule has 0 atom stereocenters. The lowest BCUT2D eigenvalue weighted by Crippen LogP contribution is -2.26. The first-order valence-electron chi connectivity index (χ1n) is 12.1. The molecule has 33 heavy (non-hydrogen) atoms. The topological polar surface area (TPSA) is 21.1 Å². The second-order valence-corrected chi connectivity index (χ2v) is 8.88. The summed E-state index contributed by atoms with van der Waals surface area (Å²) < 4.78 is 2.43. The molecule has 0 amide bonds. The molecule has 0 unspecified atom stereocenters. The number of aryl methyl sites for hydroxylation is 1. The van der Waals surface area contributed by atoms with Crippen LogP contribution in [-0.4, -0.2) is 21.0 Å². The largest absolute Gasteiger partial charge is 0.327 e. The van der Waals surface area contributed by atoms with Gasteiger partial charge in [-0.05, 0) is 30.9 Å². The van der Waals surface area contributed by atoms with Crippen molar-refractivity contribution in [2.45, 2.75) is 52.7 Å². The summed E-state index contributed by atoms with van der Waals surface area (Å²) in [7, 11) is 0. The Morgan fingerprint density at radius 3 is 2.18 bits per heavy atom. The minimum absolute atomic E-state index is 0.893. The van der Waals surface area contributed by atoms with E-state index in [2.05, 4.69) is 114 Å². The summed E-state index contributed by atoms with van der Waals surface area (Å²) in [6.45, 7) is 8.25. The maximum atomic E-state index is 4.87. The summed E-state index contributed by atoms with van der Waals surface area (Å²) in [4.78, 5) is 7.43. The van der Waals surface area contributed by atoms with Crippen LogP contribution < -0.4 is 0 Å². The molecule has 0 spiro atoms. The maximum Gasteiger partial charge on any atom is 0.140 e. The molecule has 1 heterocycles. The first-order chi connectivity index (χ1) is 16.2. The lowest BCUT2D eigenvalue weighted by molar-refractivity contribution is 0.253. The quantitative estimate of drug-likeness (QED) is 0.254. The molecule has 170 valence electrons. The predicted molar refractivity (Wildman–Crippen MR) is 138 cm³/mol. The highest BCUT2D eigenvalue weighted by Gasteiger charge is 2.15. The fourth-order valence-corrected chi connectivity index (χ4v) is 4.25. The van der Waals surface area contributed by atoms with Crippen LogP contribution in [0.25, 0.3) is 11.4 Å². The third-order valence-electron chi connectivity index (χ3n) is 6.18. The zero-order valence-corrected chi connectivity index (χ0v) is 20.0. The van der Waals surface area contributed by atoms with Crippen molar-refractivity contribution >= 4 is 0 Å². The van der Waals surface area contributed by atoms with Crippen LogP contribution in [0.1, 0.15) is 42.1 Å². The molecule has 0 saturated carbocycles. The summed E-state index contributed by atoms with van der Waals surface area (Å²) in [6.07, 6.45) is 5.46. The van der Waals surface area contributed by atoms with Gasteiger partial charge in [0.1, 0.15) is 5.82 Å². The normalized spacial score (nSPS) is 11.2. The Kier molecular flexibility index (Phi) is 8.10. The van der Waals surface area contributed by atoms with Crippen LogP contribution in [0.2, 0.25) is 0 Å². The lowest BCUT2D eigenvalue weighted by atomic mass is 10.1. The van der Waals surface area contributed by atoms with Crippen molar-refractivity contribution in [1.82, 2.24) is 14.5 Å². The van der Waals surface area contributed by atoms with Crippen LogP contribution in [-0.2, 0) is 26.1 Å². The minimum Gasteiger partial charge on any atom is -0.327 e. The molecule has 0 fully saturated rings. The van der Waals surface area contributed by atoms with E-state index in [1.165, 1.54) is 34.4 Å². The molecule has 3 nitrogen and oxygen atoms in total. The van der Waals surface area contributed by atoms with Crippen LogP contribution in [0.4, 0.5) is 0 Å². The Labute approximate surface area is 198 Å². The van der Waals surface area contributed by atoms with Gasteiger partial charge in [0.25, 0.3) is 0 Å². The molecule has 0 bridgehead atoms. The van der Waals surface area contributed by atoms with Gasteiger partial charge in [0.2, 0.25) is 0 Å². The highest BCUT2D eigenvalue weighted by Crippen LogP contribution is 2.22. The predicted octanol–water partition coefficient (Wildman–Crippen LogP) is 6.90. The van der Waals surface area contributed by atoms with Gasteiger partial charge in [-0.25, -0.2) is 4.98 Å². The van der Waals surface area contributed by atoms with Crippen LogP contribution in [0.15, 0.2) is 91.1 Å². The zero-order chi connectivity index (χ0) is 22.9. The number of aromatic nitrogens is 2. The Balaban J connectivity index is 1.58. The van der Waals surface area contributed by atoms with Gasteiger partial charge in [0, 0.05) is 31.7 Å². The van der Waals surface area contributed by atoms with E-state index in [0.717, 1.165) is 44.8 Å². The fourth-order valence-electron chi connectivity index (χ4n) is 4.25. The molecule has 0 radical (unpaired) electrons. The molecule has 3 heteroatoms. The summed E-state index contributed by atoms with van der Waals surface area (Å²) in [5.41, 5.74) is 6.53. The first kappa shape index (κ1) is 23.0. The molecule has 0 aliphatic rings. The molecule has 0 aliphatic carbocycles. The van der Waals surface area contributed by atoms with E-state index >= 15 is 0 Å². The second-order valence-electron chi connectivity index (χ2n) is 8.88. The number of rotatable bonds is 11. The van der Waals surface area contributed by atoms with Crippen LogP contribution in [0.3, 0.4) is 0 Å². The average molecular weight is 438 g/mol. The van der Waals surface area contributed by atoms with Gasteiger partial charge in [-0.1, -0.05) is 104 Å². The van der Waals surface area contributed by atoms with E-state index < -0.39 is 0 Å².